The van der Waals surface area contributed by atoms with E-state index >= 15 is 0 Å². The van der Waals surface area contributed by atoms with Crippen LogP contribution in [-0.4, -0.2) is 4.98 Å². The normalized spacial score (nSPS) is 14.3. The molecule has 20 heavy (non-hydrogen) atoms. The molecular formula is C17H24N2S. The quantitative estimate of drug-likeness (QED) is 0.875. The second-order valence-corrected chi connectivity index (χ2v) is 7.00. The van der Waals surface area contributed by atoms with Crippen molar-refractivity contribution < 1.29 is 0 Å². The summed E-state index contributed by atoms with van der Waals surface area (Å²) in [5, 5.41) is 4.84. The Balaban J connectivity index is 2.18. The van der Waals surface area contributed by atoms with Crippen LogP contribution < -0.4 is 5.32 Å². The first-order chi connectivity index (χ1) is 9.38. The van der Waals surface area contributed by atoms with E-state index in [9.17, 15) is 0 Å². The minimum Gasteiger partial charge on any atom is -0.301 e. The average molecular weight is 288 g/mol. The smallest absolute Gasteiger partial charge is 0.109 e. The van der Waals surface area contributed by atoms with Crippen LogP contribution in [-0.2, 0) is 0 Å². The topological polar surface area (TPSA) is 24.9 Å². The summed E-state index contributed by atoms with van der Waals surface area (Å²) < 4.78 is 0. The highest BCUT2D eigenvalue weighted by Crippen LogP contribution is 2.27. The second kappa shape index (κ2) is 6.06. The van der Waals surface area contributed by atoms with Gasteiger partial charge in [0.25, 0.3) is 0 Å². The third-order valence-corrected chi connectivity index (χ3v) is 4.78. The number of rotatable bonds is 4. The Hall–Kier alpha value is -1.19. The van der Waals surface area contributed by atoms with Gasteiger partial charge in [-0.05, 0) is 58.2 Å². The zero-order valence-electron chi connectivity index (χ0n) is 13.2. The van der Waals surface area contributed by atoms with Crippen molar-refractivity contribution >= 4 is 11.3 Å². The fourth-order valence-electron chi connectivity index (χ4n) is 2.98. The maximum absolute atomic E-state index is 4.48. The lowest BCUT2D eigenvalue weighted by atomic mass is 9.94. The maximum atomic E-state index is 4.48. The third kappa shape index (κ3) is 3.28. The van der Waals surface area contributed by atoms with Gasteiger partial charge in [0, 0.05) is 17.1 Å². The van der Waals surface area contributed by atoms with Crippen LogP contribution in [0.15, 0.2) is 18.3 Å². The molecule has 2 rings (SSSR count). The van der Waals surface area contributed by atoms with Crippen molar-refractivity contribution in [2.75, 3.05) is 0 Å². The summed E-state index contributed by atoms with van der Waals surface area (Å²) in [6.45, 7) is 13.1. The Bertz CT molecular complexity index is 578. The molecule has 0 spiro atoms. The molecule has 0 aliphatic carbocycles. The molecule has 0 fully saturated rings. The van der Waals surface area contributed by atoms with Crippen molar-refractivity contribution in [1.29, 1.82) is 0 Å². The minimum absolute atomic E-state index is 0.281. The molecule has 3 heteroatoms. The Kier molecular flexibility index (Phi) is 4.61. The lowest BCUT2D eigenvalue weighted by molar-refractivity contribution is 0.490. The molecule has 0 aliphatic rings. The highest BCUT2D eigenvalue weighted by molar-refractivity contribution is 7.11. The number of benzene rings is 1. The van der Waals surface area contributed by atoms with E-state index in [1.807, 2.05) is 6.20 Å². The molecule has 108 valence electrons. The maximum Gasteiger partial charge on any atom is 0.109 e. The van der Waals surface area contributed by atoms with Gasteiger partial charge in [-0.2, -0.15) is 0 Å². The Morgan fingerprint density at radius 2 is 1.60 bits per heavy atom. The SMILES string of the molecule is Cc1cc(C)c(C(C)NC(C)c2ncc(C)s2)c(C)c1. The van der Waals surface area contributed by atoms with Crippen molar-refractivity contribution in [2.45, 2.75) is 53.6 Å². The van der Waals surface area contributed by atoms with E-state index in [4.69, 9.17) is 0 Å². The van der Waals surface area contributed by atoms with Crippen molar-refractivity contribution in [1.82, 2.24) is 10.3 Å². The van der Waals surface area contributed by atoms with Gasteiger partial charge in [0.15, 0.2) is 0 Å². The predicted octanol–water partition coefficient (Wildman–Crippen LogP) is 4.79. The van der Waals surface area contributed by atoms with Gasteiger partial charge in [-0.15, -0.1) is 11.3 Å². The highest BCUT2D eigenvalue weighted by Gasteiger charge is 2.16. The van der Waals surface area contributed by atoms with E-state index in [0.29, 0.717) is 6.04 Å². The number of nitrogens with zero attached hydrogens (tertiary/aromatic N) is 1. The minimum atomic E-state index is 0.281. The van der Waals surface area contributed by atoms with Gasteiger partial charge < -0.3 is 5.32 Å². The summed E-state index contributed by atoms with van der Waals surface area (Å²) >= 11 is 1.77. The Labute approximate surface area is 126 Å². The van der Waals surface area contributed by atoms with Crippen molar-refractivity contribution in [3.05, 3.63) is 50.5 Å². The Morgan fingerprint density at radius 3 is 2.10 bits per heavy atom. The fourth-order valence-corrected chi connectivity index (χ4v) is 3.76. The van der Waals surface area contributed by atoms with Crippen LogP contribution in [0.5, 0.6) is 0 Å². The van der Waals surface area contributed by atoms with Crippen LogP contribution in [0.3, 0.4) is 0 Å². The Morgan fingerprint density at radius 1 is 1.00 bits per heavy atom. The number of aryl methyl sites for hydroxylation is 4. The molecular weight excluding hydrogens is 264 g/mol. The summed E-state index contributed by atoms with van der Waals surface area (Å²) in [5.41, 5.74) is 5.48. The molecule has 0 aliphatic heterocycles. The van der Waals surface area contributed by atoms with E-state index in [1.54, 1.807) is 11.3 Å². The van der Waals surface area contributed by atoms with Gasteiger partial charge in [-0.25, -0.2) is 4.98 Å². The van der Waals surface area contributed by atoms with Crippen molar-refractivity contribution in [3.8, 4) is 0 Å². The molecule has 1 heterocycles. The monoisotopic (exact) mass is 288 g/mol. The van der Waals surface area contributed by atoms with E-state index in [-0.39, 0.29) is 6.04 Å². The first-order valence-corrected chi connectivity index (χ1v) is 7.96. The van der Waals surface area contributed by atoms with Crippen LogP contribution in [0.1, 0.15) is 58.1 Å². The number of hydrogen-bond donors (Lipinski definition) is 1. The molecule has 1 N–H and O–H groups in total. The largest absolute Gasteiger partial charge is 0.301 e. The zero-order chi connectivity index (χ0) is 14.9. The molecule has 0 radical (unpaired) electrons. The molecule has 2 nitrogen and oxygen atoms in total. The number of hydrogen-bond acceptors (Lipinski definition) is 3. The molecule has 2 atom stereocenters. The lowest BCUT2D eigenvalue weighted by Gasteiger charge is -2.23. The summed E-state index contributed by atoms with van der Waals surface area (Å²) in [6, 6.07) is 5.14. The molecule has 2 unspecified atom stereocenters. The van der Waals surface area contributed by atoms with E-state index < -0.39 is 0 Å². The van der Waals surface area contributed by atoms with Crippen LogP contribution in [0.25, 0.3) is 0 Å². The third-order valence-electron chi connectivity index (χ3n) is 3.68. The van der Waals surface area contributed by atoms with Crippen molar-refractivity contribution in [3.63, 3.8) is 0 Å². The average Bonchev–Trinajstić information content (AvgIpc) is 2.74. The molecule has 2 aromatic rings. The summed E-state index contributed by atoms with van der Waals surface area (Å²) in [6.07, 6.45) is 1.95. The van der Waals surface area contributed by atoms with E-state index in [0.717, 1.165) is 5.01 Å². The van der Waals surface area contributed by atoms with Gasteiger partial charge in [0.2, 0.25) is 0 Å². The van der Waals surface area contributed by atoms with E-state index in [1.165, 1.54) is 27.1 Å². The fraction of sp³-hybridized carbons (Fsp3) is 0.471. The van der Waals surface area contributed by atoms with Crippen LogP contribution in [0, 0.1) is 27.7 Å². The van der Waals surface area contributed by atoms with Gasteiger partial charge in [0.1, 0.15) is 5.01 Å². The van der Waals surface area contributed by atoms with Crippen molar-refractivity contribution in [2.24, 2.45) is 0 Å². The highest BCUT2D eigenvalue weighted by atomic mass is 32.1. The van der Waals surface area contributed by atoms with Crippen LogP contribution in [0.2, 0.25) is 0 Å². The molecule has 1 aromatic heterocycles. The number of thiazole rings is 1. The van der Waals surface area contributed by atoms with E-state index in [2.05, 4.69) is 64.0 Å². The van der Waals surface area contributed by atoms with Gasteiger partial charge in [-0.3, -0.25) is 0 Å². The molecule has 1 aromatic carbocycles. The first kappa shape index (κ1) is 15.2. The molecule has 0 bridgehead atoms. The number of nitrogens with one attached hydrogen (secondary N) is 1. The lowest BCUT2D eigenvalue weighted by Crippen LogP contribution is -2.23. The van der Waals surface area contributed by atoms with Crippen LogP contribution in [0.4, 0.5) is 0 Å². The van der Waals surface area contributed by atoms with Crippen LogP contribution >= 0.6 is 11.3 Å². The molecule has 0 amide bonds. The number of aromatic nitrogens is 1. The first-order valence-electron chi connectivity index (χ1n) is 7.14. The second-order valence-electron chi connectivity index (χ2n) is 5.73. The molecule has 0 saturated heterocycles. The predicted molar refractivity (Wildman–Crippen MR) is 87.5 cm³/mol. The summed E-state index contributed by atoms with van der Waals surface area (Å²) in [4.78, 5) is 5.75. The zero-order valence-corrected chi connectivity index (χ0v) is 14.1. The molecule has 0 saturated carbocycles. The van der Waals surface area contributed by atoms with Gasteiger partial charge in [0.05, 0.1) is 6.04 Å². The standard InChI is InChI=1S/C17H24N2S/c1-10-7-11(2)16(12(3)8-10)14(5)19-15(6)17-18-9-13(4)20-17/h7-9,14-15,19H,1-6H3. The summed E-state index contributed by atoms with van der Waals surface area (Å²) in [5.74, 6) is 0. The van der Waals surface area contributed by atoms with Gasteiger partial charge in [-0.1, -0.05) is 17.7 Å². The van der Waals surface area contributed by atoms with Gasteiger partial charge >= 0.3 is 0 Å². The summed E-state index contributed by atoms with van der Waals surface area (Å²) in [7, 11) is 0.